The first-order chi connectivity index (χ1) is 10.9. The van der Waals surface area contributed by atoms with Crippen LogP contribution in [0.25, 0.3) is 0 Å². The van der Waals surface area contributed by atoms with Crippen molar-refractivity contribution >= 4 is 19.3 Å². The van der Waals surface area contributed by atoms with Gasteiger partial charge in [0.15, 0.2) is 5.79 Å². The lowest BCUT2D eigenvalue weighted by molar-refractivity contribution is -0.212. The Morgan fingerprint density at radius 1 is 1.35 bits per heavy atom. The Morgan fingerprint density at radius 3 is 2.78 bits per heavy atom. The van der Waals surface area contributed by atoms with Gasteiger partial charge in [-0.15, -0.1) is 0 Å². The van der Waals surface area contributed by atoms with Crippen molar-refractivity contribution in [1.82, 2.24) is 0 Å². The van der Waals surface area contributed by atoms with Crippen molar-refractivity contribution in [3.63, 3.8) is 0 Å². The maximum atomic E-state index is 12.1. The van der Waals surface area contributed by atoms with Gasteiger partial charge in [-0.1, -0.05) is 17.6 Å². The fraction of sp³-hybridized carbons (Fsp3) is 0.562. The summed E-state index contributed by atoms with van der Waals surface area (Å²) in [6, 6.07) is 5.55. The molecule has 23 heavy (non-hydrogen) atoms. The van der Waals surface area contributed by atoms with Crippen LogP contribution in [0.5, 0.6) is 5.75 Å². The highest BCUT2D eigenvalue weighted by molar-refractivity contribution is 6.32. The average Bonchev–Trinajstić information content (AvgIpc) is 2.97. The largest absolute Gasteiger partial charge is 0.490 e. The molecule has 1 saturated heterocycles. The molecule has 7 heteroatoms. The number of rotatable bonds is 1. The van der Waals surface area contributed by atoms with Crippen LogP contribution in [0, 0.1) is 5.92 Å². The lowest BCUT2D eigenvalue weighted by Gasteiger charge is -2.50. The predicted molar refractivity (Wildman–Crippen MR) is 84.5 cm³/mol. The molecule has 1 aromatic rings. The second-order valence-electron chi connectivity index (χ2n) is 6.79. The van der Waals surface area contributed by atoms with E-state index in [1.165, 1.54) is 0 Å². The van der Waals surface area contributed by atoms with Gasteiger partial charge in [0.2, 0.25) is 0 Å². The molecule has 2 heterocycles. The molecule has 1 saturated carbocycles. The molecule has 3 aliphatic rings. The number of carboxylic acid groups (broad SMARTS) is 1. The summed E-state index contributed by atoms with van der Waals surface area (Å²) in [6.45, 7) is 1.08. The van der Waals surface area contributed by atoms with Crippen molar-refractivity contribution < 1.29 is 24.1 Å². The van der Waals surface area contributed by atoms with E-state index >= 15 is 0 Å². The van der Waals surface area contributed by atoms with Gasteiger partial charge in [0.05, 0.1) is 13.2 Å². The van der Waals surface area contributed by atoms with E-state index in [0.717, 1.165) is 5.46 Å². The third kappa shape index (κ3) is 2.11. The van der Waals surface area contributed by atoms with E-state index in [1.54, 1.807) is 0 Å². The molecule has 2 aliphatic heterocycles. The van der Waals surface area contributed by atoms with Gasteiger partial charge in [0.1, 0.15) is 25.2 Å². The highest BCUT2D eigenvalue weighted by Crippen LogP contribution is 2.51. The van der Waals surface area contributed by atoms with Gasteiger partial charge in [-0.2, -0.15) is 0 Å². The van der Waals surface area contributed by atoms with Gasteiger partial charge >= 0.3 is 5.97 Å². The number of nitrogens with two attached hydrogens (primary N) is 1. The van der Waals surface area contributed by atoms with Gasteiger partial charge in [0.25, 0.3) is 0 Å². The number of carbonyl (C=O) groups is 1. The van der Waals surface area contributed by atoms with E-state index < -0.39 is 17.3 Å². The van der Waals surface area contributed by atoms with Crippen molar-refractivity contribution in [1.29, 1.82) is 0 Å². The molecule has 3 N–H and O–H groups in total. The lowest BCUT2D eigenvalue weighted by atomic mass is 9.66. The topological polar surface area (TPSA) is 91.0 Å². The third-order valence-electron chi connectivity index (χ3n) is 5.40. The number of hydrogen-bond donors (Lipinski definition) is 2. The summed E-state index contributed by atoms with van der Waals surface area (Å²) in [5.74, 6) is -1.55. The van der Waals surface area contributed by atoms with Gasteiger partial charge < -0.3 is 25.1 Å². The molecule has 0 radical (unpaired) electrons. The third-order valence-corrected chi connectivity index (χ3v) is 5.40. The Kier molecular flexibility index (Phi) is 3.24. The molecule has 3 unspecified atom stereocenters. The Hall–Kier alpha value is -1.57. The number of hydrogen-bond acceptors (Lipinski definition) is 5. The van der Waals surface area contributed by atoms with Crippen LogP contribution in [0.4, 0.5) is 0 Å². The van der Waals surface area contributed by atoms with Crippen molar-refractivity contribution in [2.75, 3.05) is 13.2 Å². The fourth-order valence-electron chi connectivity index (χ4n) is 4.19. The standard InChI is InChI=1S/C16H20BNO5/c17-9-1-2-12-10(7-9)16(18,14(19)20)11-8-15(21-5-6-22-15)4-3-13(11)23-12/h1-2,7,11,13H,3-6,8,17-18H2,(H,19,20). The Balaban J connectivity index is 1.81. The van der Waals surface area contributed by atoms with Crippen LogP contribution in [0.1, 0.15) is 24.8 Å². The number of fused-ring (bicyclic) bond motifs is 2. The van der Waals surface area contributed by atoms with Crippen LogP contribution in [0.15, 0.2) is 18.2 Å². The van der Waals surface area contributed by atoms with Crippen LogP contribution in [0.3, 0.4) is 0 Å². The summed E-state index contributed by atoms with van der Waals surface area (Å²) in [6.07, 6.45) is 1.58. The zero-order valence-corrected chi connectivity index (χ0v) is 13.1. The molecular formula is C16H20BNO5. The van der Waals surface area contributed by atoms with Gasteiger partial charge in [-0.25, -0.2) is 4.79 Å². The van der Waals surface area contributed by atoms with Crippen molar-refractivity contribution in [2.45, 2.75) is 36.7 Å². The van der Waals surface area contributed by atoms with E-state index in [-0.39, 0.29) is 12.0 Å². The SMILES string of the molecule is Bc1ccc2c(c1)C(N)(C(=O)O)C1CC3(CCC1O2)OCCO3. The van der Waals surface area contributed by atoms with E-state index in [1.807, 2.05) is 26.0 Å². The molecule has 0 bridgehead atoms. The second-order valence-corrected chi connectivity index (χ2v) is 6.79. The van der Waals surface area contributed by atoms with Crippen LogP contribution in [-0.4, -0.2) is 44.0 Å². The van der Waals surface area contributed by atoms with Gasteiger partial charge in [0, 0.05) is 24.3 Å². The summed E-state index contributed by atoms with van der Waals surface area (Å²) in [5, 5.41) is 9.94. The van der Waals surface area contributed by atoms with Crippen molar-refractivity contribution in [3.8, 4) is 5.75 Å². The summed E-state index contributed by atoms with van der Waals surface area (Å²) >= 11 is 0. The van der Waals surface area contributed by atoms with E-state index in [2.05, 4.69) is 0 Å². The first-order valence-corrected chi connectivity index (χ1v) is 8.03. The van der Waals surface area contributed by atoms with Crippen LogP contribution in [-0.2, 0) is 19.8 Å². The number of carboxylic acids is 1. The van der Waals surface area contributed by atoms with Crippen LogP contribution < -0.4 is 15.9 Å². The minimum Gasteiger partial charge on any atom is -0.490 e. The molecule has 0 aromatic heterocycles. The molecule has 2 fully saturated rings. The van der Waals surface area contributed by atoms with Gasteiger partial charge in [-0.05, 0) is 12.5 Å². The highest BCUT2D eigenvalue weighted by Gasteiger charge is 2.59. The molecule has 1 spiro atoms. The van der Waals surface area contributed by atoms with Crippen LogP contribution in [0.2, 0.25) is 0 Å². The number of aliphatic carboxylic acids is 1. The minimum absolute atomic E-state index is 0.232. The van der Waals surface area contributed by atoms with Gasteiger partial charge in [-0.3, -0.25) is 0 Å². The lowest BCUT2D eigenvalue weighted by Crippen LogP contribution is -2.62. The Bertz CT molecular complexity index is 660. The summed E-state index contributed by atoms with van der Waals surface area (Å²) in [5.41, 5.74) is 6.51. The zero-order chi connectivity index (χ0) is 16.2. The molecular weight excluding hydrogens is 297 g/mol. The normalized spacial score (nSPS) is 34.5. The second kappa shape index (κ2) is 4.96. The Labute approximate surface area is 135 Å². The maximum Gasteiger partial charge on any atom is 0.328 e. The average molecular weight is 317 g/mol. The Morgan fingerprint density at radius 2 is 2.09 bits per heavy atom. The highest BCUT2D eigenvalue weighted by atomic mass is 16.7. The smallest absolute Gasteiger partial charge is 0.328 e. The maximum absolute atomic E-state index is 12.1. The quantitative estimate of drug-likeness (QED) is 0.678. The summed E-state index contributed by atoms with van der Waals surface area (Å²) in [7, 11) is 1.92. The van der Waals surface area contributed by atoms with Crippen LogP contribution >= 0.6 is 0 Å². The predicted octanol–water partition coefficient (Wildman–Crippen LogP) is -0.512. The molecule has 122 valence electrons. The molecule has 1 aliphatic carbocycles. The molecule has 3 atom stereocenters. The first kappa shape index (κ1) is 15.0. The summed E-state index contributed by atoms with van der Waals surface area (Å²) < 4.78 is 17.7. The molecule has 0 amide bonds. The zero-order valence-electron chi connectivity index (χ0n) is 13.1. The minimum atomic E-state index is -1.49. The van der Waals surface area contributed by atoms with E-state index in [4.69, 9.17) is 19.9 Å². The summed E-state index contributed by atoms with van der Waals surface area (Å²) in [4.78, 5) is 12.1. The first-order valence-electron chi connectivity index (χ1n) is 8.03. The van der Waals surface area contributed by atoms with Crippen molar-refractivity contribution in [3.05, 3.63) is 23.8 Å². The molecule has 6 nitrogen and oxygen atoms in total. The monoisotopic (exact) mass is 317 g/mol. The molecule has 1 aromatic carbocycles. The fourth-order valence-corrected chi connectivity index (χ4v) is 4.19. The van der Waals surface area contributed by atoms with Crippen molar-refractivity contribution in [2.24, 2.45) is 11.7 Å². The number of benzene rings is 1. The number of ether oxygens (including phenoxy) is 3. The molecule has 4 rings (SSSR count). The van der Waals surface area contributed by atoms with E-state index in [0.29, 0.717) is 43.8 Å². The van der Waals surface area contributed by atoms with E-state index in [9.17, 15) is 9.90 Å².